The van der Waals surface area contributed by atoms with Crippen molar-refractivity contribution in [2.45, 2.75) is 20.0 Å². The maximum absolute atomic E-state index is 9.55. The molecule has 1 saturated heterocycles. The van der Waals surface area contributed by atoms with Gasteiger partial charge < -0.3 is 10.0 Å². The third-order valence-electron chi connectivity index (χ3n) is 3.65. The standard InChI is InChI=1S/C15H18N4O/c1-10-7-14(19-8-12(9-19)11(2)20)18-15(17-10)13-5-3-4-6-16-13/h3-7,11-12,20H,8-9H2,1-2H3. The molecule has 0 bridgehead atoms. The Morgan fingerprint density at radius 1 is 1.30 bits per heavy atom. The number of hydrogen-bond acceptors (Lipinski definition) is 5. The molecule has 0 amide bonds. The molecule has 5 heteroatoms. The molecular weight excluding hydrogens is 252 g/mol. The minimum atomic E-state index is -0.260. The number of nitrogens with zero attached hydrogens (tertiary/aromatic N) is 4. The van der Waals surface area contributed by atoms with Crippen molar-refractivity contribution in [2.24, 2.45) is 5.92 Å². The SMILES string of the molecule is Cc1cc(N2CC(C(C)O)C2)nc(-c2ccccn2)n1. The molecule has 0 radical (unpaired) electrons. The molecule has 1 N–H and O–H groups in total. The second kappa shape index (κ2) is 5.17. The van der Waals surface area contributed by atoms with Gasteiger partial charge in [-0.05, 0) is 26.0 Å². The van der Waals surface area contributed by atoms with Crippen molar-refractivity contribution < 1.29 is 5.11 Å². The molecule has 1 unspecified atom stereocenters. The van der Waals surface area contributed by atoms with Crippen LogP contribution in [0, 0.1) is 12.8 Å². The molecule has 104 valence electrons. The molecular formula is C15H18N4O. The summed E-state index contributed by atoms with van der Waals surface area (Å²) in [6, 6.07) is 7.70. The predicted molar refractivity (Wildman–Crippen MR) is 77.4 cm³/mol. The number of pyridine rings is 1. The first-order valence-corrected chi connectivity index (χ1v) is 6.83. The van der Waals surface area contributed by atoms with E-state index in [9.17, 15) is 5.11 Å². The number of hydrogen-bond donors (Lipinski definition) is 1. The molecule has 1 aliphatic heterocycles. The Morgan fingerprint density at radius 3 is 2.75 bits per heavy atom. The van der Waals surface area contributed by atoms with Crippen molar-refractivity contribution in [2.75, 3.05) is 18.0 Å². The minimum absolute atomic E-state index is 0.260. The van der Waals surface area contributed by atoms with Gasteiger partial charge in [0, 0.05) is 37.0 Å². The van der Waals surface area contributed by atoms with Gasteiger partial charge in [-0.1, -0.05) is 6.07 Å². The van der Waals surface area contributed by atoms with Crippen LogP contribution >= 0.6 is 0 Å². The summed E-state index contributed by atoms with van der Waals surface area (Å²) in [5, 5.41) is 9.55. The van der Waals surface area contributed by atoms with Crippen molar-refractivity contribution in [1.29, 1.82) is 0 Å². The topological polar surface area (TPSA) is 62.1 Å². The van der Waals surface area contributed by atoms with E-state index in [0.29, 0.717) is 11.7 Å². The Kier molecular flexibility index (Phi) is 3.36. The van der Waals surface area contributed by atoms with E-state index >= 15 is 0 Å². The highest BCUT2D eigenvalue weighted by molar-refractivity contribution is 5.54. The van der Waals surface area contributed by atoms with Crippen molar-refractivity contribution in [3.8, 4) is 11.5 Å². The molecule has 0 aliphatic carbocycles. The maximum Gasteiger partial charge on any atom is 0.180 e. The number of aromatic nitrogens is 3. The first-order valence-electron chi connectivity index (χ1n) is 6.83. The molecule has 3 rings (SSSR count). The molecule has 2 aromatic heterocycles. The van der Waals surface area contributed by atoms with Crippen LogP contribution in [0.3, 0.4) is 0 Å². The van der Waals surface area contributed by atoms with Gasteiger partial charge in [-0.15, -0.1) is 0 Å². The van der Waals surface area contributed by atoms with Gasteiger partial charge in [0.25, 0.3) is 0 Å². The van der Waals surface area contributed by atoms with Gasteiger partial charge in [0.15, 0.2) is 5.82 Å². The first-order chi connectivity index (χ1) is 9.63. The summed E-state index contributed by atoms with van der Waals surface area (Å²) in [6.45, 7) is 5.49. The highest BCUT2D eigenvalue weighted by atomic mass is 16.3. The van der Waals surface area contributed by atoms with E-state index in [2.05, 4.69) is 19.9 Å². The molecule has 0 saturated carbocycles. The van der Waals surface area contributed by atoms with E-state index in [4.69, 9.17) is 0 Å². The Bertz CT molecular complexity index is 594. The maximum atomic E-state index is 9.55. The fourth-order valence-electron chi connectivity index (χ4n) is 2.33. The van der Waals surface area contributed by atoms with E-state index < -0.39 is 0 Å². The number of rotatable bonds is 3. The monoisotopic (exact) mass is 270 g/mol. The average molecular weight is 270 g/mol. The van der Waals surface area contributed by atoms with Crippen LogP contribution in [0.2, 0.25) is 0 Å². The van der Waals surface area contributed by atoms with Crippen LogP contribution in [0.15, 0.2) is 30.5 Å². The molecule has 5 nitrogen and oxygen atoms in total. The smallest absolute Gasteiger partial charge is 0.180 e. The Labute approximate surface area is 118 Å². The summed E-state index contributed by atoms with van der Waals surface area (Å²) < 4.78 is 0. The Morgan fingerprint density at radius 2 is 2.10 bits per heavy atom. The third kappa shape index (κ3) is 2.49. The van der Waals surface area contributed by atoms with Crippen molar-refractivity contribution in [3.05, 3.63) is 36.2 Å². The van der Waals surface area contributed by atoms with Crippen LogP contribution in [-0.4, -0.2) is 39.3 Å². The zero-order valence-electron chi connectivity index (χ0n) is 11.7. The van der Waals surface area contributed by atoms with E-state index in [1.807, 2.05) is 38.1 Å². The van der Waals surface area contributed by atoms with Crippen LogP contribution in [0.25, 0.3) is 11.5 Å². The lowest BCUT2D eigenvalue weighted by molar-refractivity contribution is 0.107. The van der Waals surface area contributed by atoms with Crippen molar-refractivity contribution in [3.63, 3.8) is 0 Å². The third-order valence-corrected chi connectivity index (χ3v) is 3.65. The summed E-state index contributed by atoms with van der Waals surface area (Å²) in [5.74, 6) is 1.90. The quantitative estimate of drug-likeness (QED) is 0.919. The summed E-state index contributed by atoms with van der Waals surface area (Å²) in [6.07, 6.45) is 1.48. The molecule has 1 atom stereocenters. The van der Waals surface area contributed by atoms with Crippen LogP contribution in [-0.2, 0) is 0 Å². The van der Waals surface area contributed by atoms with E-state index in [-0.39, 0.29) is 6.10 Å². The zero-order valence-corrected chi connectivity index (χ0v) is 11.7. The molecule has 0 spiro atoms. The predicted octanol–water partition coefficient (Wildman–Crippen LogP) is 1.66. The number of aliphatic hydroxyl groups excluding tert-OH is 1. The lowest BCUT2D eigenvalue weighted by atomic mass is 9.95. The summed E-state index contributed by atoms with van der Waals surface area (Å²) in [5.41, 5.74) is 1.71. The van der Waals surface area contributed by atoms with E-state index in [1.165, 1.54) is 0 Å². The van der Waals surface area contributed by atoms with Crippen LogP contribution in [0.1, 0.15) is 12.6 Å². The average Bonchev–Trinajstić information content (AvgIpc) is 2.37. The van der Waals surface area contributed by atoms with Gasteiger partial charge in [-0.2, -0.15) is 0 Å². The van der Waals surface area contributed by atoms with Crippen molar-refractivity contribution in [1.82, 2.24) is 15.0 Å². The molecule has 3 heterocycles. The molecule has 1 fully saturated rings. The lowest BCUT2D eigenvalue weighted by Crippen LogP contribution is -2.51. The van der Waals surface area contributed by atoms with Crippen LogP contribution in [0.5, 0.6) is 0 Å². The number of aliphatic hydroxyl groups is 1. The minimum Gasteiger partial charge on any atom is -0.393 e. The van der Waals surface area contributed by atoms with Gasteiger partial charge in [0.2, 0.25) is 0 Å². The fourth-order valence-corrected chi connectivity index (χ4v) is 2.33. The van der Waals surface area contributed by atoms with E-state index in [1.54, 1.807) is 6.20 Å². The zero-order chi connectivity index (χ0) is 14.1. The van der Waals surface area contributed by atoms with Crippen molar-refractivity contribution >= 4 is 5.82 Å². The van der Waals surface area contributed by atoms with Crippen LogP contribution in [0.4, 0.5) is 5.82 Å². The van der Waals surface area contributed by atoms with Gasteiger partial charge >= 0.3 is 0 Å². The molecule has 2 aromatic rings. The lowest BCUT2D eigenvalue weighted by Gasteiger charge is -2.41. The second-order valence-electron chi connectivity index (χ2n) is 5.31. The Hall–Kier alpha value is -2.01. The highest BCUT2D eigenvalue weighted by Crippen LogP contribution is 2.26. The largest absolute Gasteiger partial charge is 0.393 e. The van der Waals surface area contributed by atoms with Gasteiger partial charge in [-0.25, -0.2) is 9.97 Å². The van der Waals surface area contributed by atoms with E-state index in [0.717, 1.165) is 30.3 Å². The van der Waals surface area contributed by atoms with Crippen LogP contribution < -0.4 is 4.90 Å². The van der Waals surface area contributed by atoms with Gasteiger partial charge in [0.05, 0.1) is 6.10 Å². The molecule has 1 aliphatic rings. The van der Waals surface area contributed by atoms with Gasteiger partial charge in [0.1, 0.15) is 11.5 Å². The fraction of sp³-hybridized carbons (Fsp3) is 0.400. The summed E-state index contributed by atoms with van der Waals surface area (Å²) in [4.78, 5) is 15.5. The normalized spacial score (nSPS) is 16.9. The summed E-state index contributed by atoms with van der Waals surface area (Å²) >= 11 is 0. The first kappa shape index (κ1) is 13.0. The molecule has 20 heavy (non-hydrogen) atoms. The molecule has 0 aromatic carbocycles. The summed E-state index contributed by atoms with van der Waals surface area (Å²) in [7, 11) is 0. The van der Waals surface area contributed by atoms with Gasteiger partial charge in [-0.3, -0.25) is 4.98 Å². The number of aryl methyl sites for hydroxylation is 1. The number of anilines is 1. The Balaban J connectivity index is 1.85. The highest BCUT2D eigenvalue weighted by Gasteiger charge is 2.31. The second-order valence-corrected chi connectivity index (χ2v) is 5.31.